The summed E-state index contributed by atoms with van der Waals surface area (Å²) in [7, 11) is 3.21. The van der Waals surface area contributed by atoms with Crippen LogP contribution in [0.2, 0.25) is 0 Å². The maximum Gasteiger partial charge on any atom is 3.00 e. The summed E-state index contributed by atoms with van der Waals surface area (Å²) in [6, 6.07) is 6.21. The van der Waals surface area contributed by atoms with Gasteiger partial charge in [-0.15, -0.1) is 0 Å². The van der Waals surface area contributed by atoms with Gasteiger partial charge < -0.3 is 22.6 Å². The Morgan fingerprint density at radius 3 is 2.20 bits per heavy atom. The molecule has 0 atom stereocenters. The van der Waals surface area contributed by atoms with Crippen molar-refractivity contribution in [3.8, 4) is 5.75 Å². The fourth-order valence-electron chi connectivity index (χ4n) is 1.26. The third-order valence-electron chi connectivity index (χ3n) is 2.24. The van der Waals surface area contributed by atoms with E-state index in [2.05, 4.69) is 12.4 Å². The van der Waals surface area contributed by atoms with Gasteiger partial charge in [0.15, 0.2) is 12.4 Å². The van der Waals surface area contributed by atoms with Gasteiger partial charge in [-0.1, -0.05) is 0 Å². The van der Waals surface area contributed by atoms with Crippen LogP contribution in [-0.4, -0.2) is 29.0 Å². The summed E-state index contributed by atoms with van der Waals surface area (Å²) in [5, 5.41) is 11.8. The minimum Gasteiger partial charge on any atom is -0.505 e. The molecule has 6 heteroatoms. The predicted molar refractivity (Wildman–Crippen MR) is 72.5 cm³/mol. The van der Waals surface area contributed by atoms with E-state index in [4.69, 9.17) is 4.74 Å². The van der Waals surface area contributed by atoms with Crippen molar-refractivity contribution in [2.45, 2.75) is 19.4 Å². The van der Waals surface area contributed by atoms with E-state index in [1.54, 1.807) is 12.1 Å². The smallest absolute Gasteiger partial charge is 0.505 e. The molecule has 0 spiro atoms. The van der Waals surface area contributed by atoms with Crippen molar-refractivity contribution in [1.29, 1.82) is 0 Å². The van der Waals surface area contributed by atoms with E-state index in [1.807, 2.05) is 0 Å². The van der Waals surface area contributed by atoms with E-state index in [9.17, 15) is 14.7 Å². The zero-order chi connectivity index (χ0) is 13.8. The zero-order valence-corrected chi connectivity index (χ0v) is 14.8. The molecular formula is C14H19NO4Y+. The van der Waals surface area contributed by atoms with Crippen molar-refractivity contribution >= 4 is 11.7 Å². The van der Waals surface area contributed by atoms with Gasteiger partial charge in [0, 0.05) is 5.56 Å². The number of aliphatic hydroxyl groups is 1. The van der Waals surface area contributed by atoms with Gasteiger partial charge in [-0.2, -0.15) is 0 Å². The Labute approximate surface area is 145 Å². The number of hydrogen-bond donors (Lipinski definition) is 2. The van der Waals surface area contributed by atoms with E-state index in [-0.39, 0.29) is 58.4 Å². The first kappa shape index (κ1) is 21.5. The van der Waals surface area contributed by atoms with Crippen molar-refractivity contribution in [3.63, 3.8) is 0 Å². The summed E-state index contributed by atoms with van der Waals surface area (Å²) < 4.78 is 5.15. The van der Waals surface area contributed by atoms with E-state index in [0.717, 1.165) is 0 Å². The van der Waals surface area contributed by atoms with E-state index >= 15 is 0 Å². The molecule has 0 aliphatic rings. The van der Waals surface area contributed by atoms with Crippen molar-refractivity contribution in [2.75, 3.05) is 6.61 Å². The van der Waals surface area contributed by atoms with Crippen molar-refractivity contribution in [2.24, 2.45) is 0 Å². The molecule has 1 aromatic rings. The summed E-state index contributed by atoms with van der Waals surface area (Å²) >= 11 is 0. The van der Waals surface area contributed by atoms with Gasteiger partial charge in [0.1, 0.15) is 11.4 Å². The molecule has 0 heterocycles. The van der Waals surface area contributed by atoms with Gasteiger partial charge in [-0.25, -0.2) is 0 Å². The molecule has 0 saturated carbocycles. The summed E-state index contributed by atoms with van der Waals surface area (Å²) in [6.07, 6.45) is 0. The van der Waals surface area contributed by atoms with Gasteiger partial charge in [-0.05, 0) is 38.1 Å². The molecule has 0 saturated heterocycles. The number of amides is 1. The Morgan fingerprint density at radius 1 is 1.30 bits per heavy atom. The normalized spacial score (nSPS) is 9.80. The largest absolute Gasteiger partial charge is 3.00 e. The molecule has 0 bridgehead atoms. The van der Waals surface area contributed by atoms with Crippen LogP contribution in [0.1, 0.15) is 24.2 Å². The molecule has 0 unspecified atom stereocenters. The molecule has 0 aliphatic carbocycles. The molecule has 20 heavy (non-hydrogen) atoms. The fourth-order valence-corrected chi connectivity index (χ4v) is 1.26. The fraction of sp³-hybridized carbons (Fsp3) is 0.286. The second kappa shape index (κ2) is 9.21. The van der Waals surface area contributed by atoms with Gasteiger partial charge in [0.25, 0.3) is 0 Å². The second-order valence-corrected chi connectivity index (χ2v) is 4.30. The van der Waals surface area contributed by atoms with E-state index < -0.39 is 5.60 Å². The van der Waals surface area contributed by atoms with Crippen LogP contribution in [0.5, 0.6) is 5.75 Å². The average molecular weight is 354 g/mol. The number of ether oxygens (including phenoxy) is 1. The Balaban J connectivity index is 0. The number of benzene rings is 1. The van der Waals surface area contributed by atoms with Gasteiger partial charge in [0.05, 0.1) is 0 Å². The average Bonchev–Trinajstić information content (AvgIpc) is 2.34. The minimum absolute atomic E-state index is 0. The Bertz CT molecular complexity index is 437. The minimum atomic E-state index is -1.41. The van der Waals surface area contributed by atoms with Gasteiger partial charge in [0.2, 0.25) is 5.91 Å². The SMILES string of the molecule is [CH2-]NC(=O)COc1ccc(C(=O)C(C)(C)O)cc1.[CH3-].[Y+3]. The number of Topliss-reactive ketones (excluding diaryl/α,β-unsaturated/α-hetero) is 1. The molecule has 0 aliphatic heterocycles. The molecule has 2 N–H and O–H groups in total. The number of hydrogen-bond acceptors (Lipinski definition) is 4. The van der Waals surface area contributed by atoms with Crippen molar-refractivity contribution in [3.05, 3.63) is 44.3 Å². The number of rotatable bonds is 5. The summed E-state index contributed by atoms with van der Waals surface area (Å²) in [5.74, 6) is -0.248. The number of ketones is 1. The molecule has 0 fully saturated rings. The first-order valence-corrected chi connectivity index (χ1v) is 5.40. The summed E-state index contributed by atoms with van der Waals surface area (Å²) in [5.41, 5.74) is -1.02. The van der Waals surface area contributed by atoms with Crippen LogP contribution in [0, 0.1) is 14.5 Å². The monoisotopic (exact) mass is 354 g/mol. The third kappa shape index (κ3) is 6.59. The molecule has 1 rings (SSSR count). The van der Waals surface area contributed by atoms with Crippen LogP contribution in [0.25, 0.3) is 0 Å². The van der Waals surface area contributed by atoms with E-state index in [0.29, 0.717) is 11.3 Å². The topological polar surface area (TPSA) is 75.6 Å². The first-order valence-electron chi connectivity index (χ1n) is 5.40. The second-order valence-electron chi connectivity index (χ2n) is 4.30. The Kier molecular flexibility index (Phi) is 9.91. The molecule has 0 radical (unpaired) electrons. The quantitative estimate of drug-likeness (QED) is 0.619. The van der Waals surface area contributed by atoms with Crippen LogP contribution in [0.3, 0.4) is 0 Å². The van der Waals surface area contributed by atoms with Crippen LogP contribution in [0.4, 0.5) is 0 Å². The molecule has 1 amide bonds. The maximum atomic E-state index is 11.7. The third-order valence-corrected chi connectivity index (χ3v) is 2.24. The zero-order valence-electron chi connectivity index (χ0n) is 12.0. The number of nitrogens with one attached hydrogen (secondary N) is 1. The van der Waals surface area contributed by atoms with E-state index in [1.165, 1.54) is 26.0 Å². The van der Waals surface area contributed by atoms with Gasteiger partial charge in [-0.3, -0.25) is 16.6 Å². The Hall–Kier alpha value is -0.776. The maximum absolute atomic E-state index is 11.7. The Morgan fingerprint density at radius 2 is 1.80 bits per heavy atom. The molecule has 1 aromatic carbocycles. The number of carbonyl (C=O) groups excluding carboxylic acids is 2. The van der Waals surface area contributed by atoms with Crippen molar-refractivity contribution in [1.82, 2.24) is 5.32 Å². The molecule has 5 nitrogen and oxygen atoms in total. The van der Waals surface area contributed by atoms with Crippen LogP contribution < -0.4 is 10.1 Å². The van der Waals surface area contributed by atoms with Crippen LogP contribution >= 0.6 is 0 Å². The van der Waals surface area contributed by atoms with Gasteiger partial charge >= 0.3 is 32.7 Å². The molecule has 106 valence electrons. The van der Waals surface area contributed by atoms with Crippen LogP contribution in [0.15, 0.2) is 24.3 Å². The molecular weight excluding hydrogens is 335 g/mol. The first-order chi connectivity index (χ1) is 8.34. The summed E-state index contributed by atoms with van der Waals surface area (Å²) in [6.45, 7) is 2.72. The summed E-state index contributed by atoms with van der Waals surface area (Å²) in [4.78, 5) is 22.6. The molecule has 0 aromatic heterocycles. The number of carbonyl (C=O) groups is 2. The van der Waals surface area contributed by atoms with Crippen LogP contribution in [-0.2, 0) is 37.5 Å². The van der Waals surface area contributed by atoms with Crippen molar-refractivity contribution < 1.29 is 52.1 Å². The predicted octanol–water partition coefficient (Wildman–Crippen LogP) is 1.37. The standard InChI is InChI=1S/C13H16NO4.CH3.Y/c1-13(2,17)12(16)9-4-6-10(7-5-9)18-8-11(15)14-3;;/h4-7,17H,3,8H2,1-2H3,(H,14,15);1H3;/q2*-1;+3.